The van der Waals surface area contributed by atoms with Crippen LogP contribution >= 0.6 is 27.3 Å². The van der Waals surface area contributed by atoms with Crippen LogP contribution < -0.4 is 0 Å². The monoisotopic (exact) mass is 321 g/mol. The molecule has 6 heteroatoms. The number of halogens is 1. The van der Waals surface area contributed by atoms with Gasteiger partial charge in [0, 0.05) is 40.2 Å². The Kier molecular flexibility index (Phi) is 2.97. The van der Waals surface area contributed by atoms with Crippen LogP contribution in [-0.4, -0.2) is 20.2 Å². The molecule has 0 N–H and O–H groups in total. The number of imidazole rings is 1. The van der Waals surface area contributed by atoms with Crippen molar-refractivity contribution in [3.05, 3.63) is 52.0 Å². The number of aromatic nitrogens is 3. The van der Waals surface area contributed by atoms with E-state index in [9.17, 15) is 4.79 Å². The average molecular weight is 322 g/mol. The Hall–Kier alpha value is -1.53. The van der Waals surface area contributed by atoms with Crippen LogP contribution in [0, 0.1) is 0 Å². The van der Waals surface area contributed by atoms with Crippen LogP contribution in [0.25, 0.3) is 4.96 Å². The van der Waals surface area contributed by atoms with Crippen molar-refractivity contribution in [3.8, 4) is 0 Å². The minimum atomic E-state index is 0.0227. The van der Waals surface area contributed by atoms with Crippen molar-refractivity contribution < 1.29 is 4.79 Å². The highest BCUT2D eigenvalue weighted by Gasteiger charge is 2.11. The van der Waals surface area contributed by atoms with Gasteiger partial charge in [0.15, 0.2) is 10.7 Å². The molecule has 0 atom stereocenters. The molecule has 0 radical (unpaired) electrons. The van der Waals surface area contributed by atoms with Gasteiger partial charge < -0.3 is 0 Å². The van der Waals surface area contributed by atoms with E-state index in [1.54, 1.807) is 29.8 Å². The molecule has 0 aliphatic carbocycles. The summed E-state index contributed by atoms with van der Waals surface area (Å²) in [6, 6.07) is 1.77. The predicted molar refractivity (Wildman–Crippen MR) is 73.0 cm³/mol. The van der Waals surface area contributed by atoms with Gasteiger partial charge in [-0.3, -0.25) is 14.2 Å². The van der Waals surface area contributed by atoms with Crippen molar-refractivity contribution in [2.45, 2.75) is 6.42 Å². The molecule has 3 aromatic rings. The Morgan fingerprint density at radius 3 is 3.11 bits per heavy atom. The number of fused-ring (bicyclic) bond motifs is 1. The van der Waals surface area contributed by atoms with Gasteiger partial charge in [0.05, 0.1) is 12.1 Å². The smallest absolute Gasteiger partial charge is 0.193 e. The summed E-state index contributed by atoms with van der Waals surface area (Å²) in [7, 11) is 0. The molecule has 0 aliphatic heterocycles. The minimum absolute atomic E-state index is 0.0227. The summed E-state index contributed by atoms with van der Waals surface area (Å²) < 4.78 is 2.73. The number of ketones is 1. The maximum absolute atomic E-state index is 12.1. The SMILES string of the molecule is O=C(Cc1cn2ccsc2n1)c1cncc(Br)c1. The first-order valence-electron chi connectivity index (χ1n) is 5.27. The summed E-state index contributed by atoms with van der Waals surface area (Å²) in [6.07, 6.45) is 7.35. The zero-order valence-corrected chi connectivity index (χ0v) is 11.6. The molecular formula is C12H8BrN3OS. The maximum Gasteiger partial charge on any atom is 0.193 e. The minimum Gasteiger partial charge on any atom is -0.297 e. The number of rotatable bonds is 3. The first kappa shape index (κ1) is 11.6. The van der Waals surface area contributed by atoms with Gasteiger partial charge in [-0.05, 0) is 22.0 Å². The lowest BCUT2D eigenvalue weighted by Gasteiger charge is -1.98. The molecule has 18 heavy (non-hydrogen) atoms. The van der Waals surface area contributed by atoms with E-state index in [2.05, 4.69) is 25.9 Å². The Morgan fingerprint density at radius 2 is 2.33 bits per heavy atom. The quantitative estimate of drug-likeness (QED) is 0.697. The fourth-order valence-corrected chi connectivity index (χ4v) is 2.78. The molecule has 0 spiro atoms. The van der Waals surface area contributed by atoms with Crippen molar-refractivity contribution in [1.82, 2.24) is 14.4 Å². The molecule has 0 fully saturated rings. The third-order valence-corrected chi connectivity index (χ3v) is 3.72. The second-order valence-electron chi connectivity index (χ2n) is 3.82. The number of Topliss-reactive ketones (excluding diaryl/α,β-unsaturated/α-hetero) is 1. The molecule has 0 unspecified atom stereocenters. The molecule has 90 valence electrons. The highest BCUT2D eigenvalue weighted by Crippen LogP contribution is 2.15. The topological polar surface area (TPSA) is 47.3 Å². The highest BCUT2D eigenvalue weighted by atomic mass is 79.9. The molecule has 0 bridgehead atoms. The Morgan fingerprint density at radius 1 is 1.44 bits per heavy atom. The van der Waals surface area contributed by atoms with Crippen LogP contribution in [0.3, 0.4) is 0 Å². The number of hydrogen-bond acceptors (Lipinski definition) is 4. The summed E-state index contributed by atoms with van der Waals surface area (Å²) in [5.41, 5.74) is 1.38. The van der Waals surface area contributed by atoms with Gasteiger partial charge in [0.1, 0.15) is 0 Å². The second kappa shape index (κ2) is 4.62. The van der Waals surface area contributed by atoms with Gasteiger partial charge in [-0.2, -0.15) is 0 Å². The fraction of sp³-hybridized carbons (Fsp3) is 0.0833. The third-order valence-electron chi connectivity index (χ3n) is 2.51. The lowest BCUT2D eigenvalue weighted by molar-refractivity contribution is 0.0991. The maximum atomic E-state index is 12.1. The van der Waals surface area contributed by atoms with E-state index in [0.717, 1.165) is 15.1 Å². The summed E-state index contributed by atoms with van der Waals surface area (Å²) >= 11 is 4.86. The van der Waals surface area contributed by atoms with Crippen molar-refractivity contribution in [1.29, 1.82) is 0 Å². The largest absolute Gasteiger partial charge is 0.297 e. The van der Waals surface area contributed by atoms with Gasteiger partial charge in [-0.15, -0.1) is 11.3 Å². The Labute approximate surface area is 115 Å². The number of carbonyl (C=O) groups is 1. The first-order chi connectivity index (χ1) is 8.72. The summed E-state index contributed by atoms with van der Waals surface area (Å²) in [5.74, 6) is 0.0227. The van der Waals surface area contributed by atoms with E-state index in [0.29, 0.717) is 12.0 Å². The Bertz CT molecular complexity index is 690. The molecular weight excluding hydrogens is 314 g/mol. The molecule has 3 heterocycles. The standard InChI is InChI=1S/C12H8BrN3OS/c13-9-3-8(5-14-6-9)11(17)4-10-7-16-1-2-18-12(16)15-10/h1-3,5-7H,4H2. The third kappa shape index (κ3) is 2.21. The summed E-state index contributed by atoms with van der Waals surface area (Å²) in [5, 5.41) is 1.96. The van der Waals surface area contributed by atoms with Gasteiger partial charge in [-0.1, -0.05) is 0 Å². The lowest BCUT2D eigenvalue weighted by Crippen LogP contribution is -2.04. The fourth-order valence-electron chi connectivity index (χ4n) is 1.69. The van der Waals surface area contributed by atoms with Gasteiger partial charge >= 0.3 is 0 Å². The van der Waals surface area contributed by atoms with Crippen LogP contribution in [0.1, 0.15) is 16.1 Å². The molecule has 0 aromatic carbocycles. The summed E-state index contributed by atoms with van der Waals surface area (Å²) in [4.78, 5) is 21.3. The zero-order chi connectivity index (χ0) is 12.5. The lowest BCUT2D eigenvalue weighted by atomic mass is 10.1. The number of pyridine rings is 1. The first-order valence-corrected chi connectivity index (χ1v) is 6.94. The van der Waals surface area contributed by atoms with Crippen molar-refractivity contribution in [2.24, 2.45) is 0 Å². The predicted octanol–water partition coefficient (Wildman–Crippen LogP) is 2.98. The second-order valence-corrected chi connectivity index (χ2v) is 5.61. The van der Waals surface area contributed by atoms with Gasteiger partial charge in [0.2, 0.25) is 0 Å². The van der Waals surface area contributed by atoms with Crippen LogP contribution in [0.2, 0.25) is 0 Å². The molecule has 0 saturated heterocycles. The Balaban J connectivity index is 1.84. The van der Waals surface area contributed by atoms with Crippen LogP contribution in [-0.2, 0) is 6.42 Å². The van der Waals surface area contributed by atoms with Crippen molar-refractivity contribution in [3.63, 3.8) is 0 Å². The molecule has 4 nitrogen and oxygen atoms in total. The number of carbonyl (C=O) groups excluding carboxylic acids is 1. The van der Waals surface area contributed by atoms with Gasteiger partial charge in [-0.25, -0.2) is 4.98 Å². The molecule has 0 aliphatic rings. The molecule has 3 rings (SSSR count). The highest BCUT2D eigenvalue weighted by molar-refractivity contribution is 9.10. The van der Waals surface area contributed by atoms with Crippen molar-refractivity contribution in [2.75, 3.05) is 0 Å². The number of nitrogens with zero attached hydrogens (tertiary/aromatic N) is 3. The molecule has 3 aromatic heterocycles. The zero-order valence-electron chi connectivity index (χ0n) is 9.21. The molecule has 0 amide bonds. The molecule has 0 saturated carbocycles. The van der Waals surface area contributed by atoms with E-state index < -0.39 is 0 Å². The van der Waals surface area contributed by atoms with E-state index in [1.807, 2.05) is 22.2 Å². The number of hydrogen-bond donors (Lipinski definition) is 0. The summed E-state index contributed by atoms with van der Waals surface area (Å²) in [6.45, 7) is 0. The van der Waals surface area contributed by atoms with Crippen LogP contribution in [0.5, 0.6) is 0 Å². The van der Waals surface area contributed by atoms with E-state index in [-0.39, 0.29) is 5.78 Å². The van der Waals surface area contributed by atoms with E-state index in [4.69, 9.17) is 0 Å². The van der Waals surface area contributed by atoms with Gasteiger partial charge in [0.25, 0.3) is 0 Å². The van der Waals surface area contributed by atoms with Crippen LogP contribution in [0.4, 0.5) is 0 Å². The van der Waals surface area contributed by atoms with E-state index >= 15 is 0 Å². The number of thiazole rings is 1. The average Bonchev–Trinajstić information content (AvgIpc) is 2.89. The normalized spacial score (nSPS) is 10.9. The van der Waals surface area contributed by atoms with E-state index in [1.165, 1.54) is 0 Å². The van der Waals surface area contributed by atoms with Crippen LogP contribution in [0.15, 0.2) is 40.7 Å². The van der Waals surface area contributed by atoms with Crippen molar-refractivity contribution >= 4 is 38.0 Å².